The van der Waals surface area contributed by atoms with Gasteiger partial charge in [-0.2, -0.15) is 0 Å². The predicted molar refractivity (Wildman–Crippen MR) is 74.9 cm³/mol. The molecule has 1 heterocycles. The normalized spacial score (nSPS) is 26.1. The third-order valence-corrected chi connectivity index (χ3v) is 4.40. The van der Waals surface area contributed by atoms with Gasteiger partial charge in [-0.25, -0.2) is 0 Å². The number of nitrogens with zero attached hydrogens (tertiary/aromatic N) is 1. The summed E-state index contributed by atoms with van der Waals surface area (Å²) in [6, 6.07) is 0.327. The second-order valence-corrected chi connectivity index (χ2v) is 6.00. The minimum Gasteiger partial charge on any atom is -0.352 e. The highest BCUT2D eigenvalue weighted by atomic mass is 16.2. The number of rotatable bonds is 4. The fourth-order valence-corrected chi connectivity index (χ4v) is 3.35. The average molecular weight is 266 g/mol. The van der Waals surface area contributed by atoms with E-state index in [1.807, 2.05) is 0 Å². The van der Waals surface area contributed by atoms with Crippen LogP contribution in [0.15, 0.2) is 0 Å². The van der Waals surface area contributed by atoms with Crippen LogP contribution >= 0.6 is 0 Å². The first-order valence-corrected chi connectivity index (χ1v) is 7.70. The minimum atomic E-state index is -0.0362. The van der Waals surface area contributed by atoms with Crippen LogP contribution in [0.3, 0.4) is 0 Å². The highest BCUT2D eigenvalue weighted by Crippen LogP contribution is 2.19. The maximum atomic E-state index is 12.1. The third-order valence-electron chi connectivity index (χ3n) is 4.40. The van der Waals surface area contributed by atoms with Crippen LogP contribution in [0.2, 0.25) is 0 Å². The number of piperidine rings is 1. The Morgan fingerprint density at radius 3 is 2.42 bits per heavy atom. The fraction of sp³-hybridized carbons (Fsp3) is 0.867. The number of carbonyl (C=O) groups excluding carboxylic acids is 2. The molecule has 4 nitrogen and oxygen atoms in total. The Kier molecular flexibility index (Phi) is 5.37. The van der Waals surface area contributed by atoms with Crippen LogP contribution in [-0.4, -0.2) is 41.8 Å². The quantitative estimate of drug-likeness (QED) is 0.845. The maximum absolute atomic E-state index is 12.1. The molecule has 1 unspecified atom stereocenters. The highest BCUT2D eigenvalue weighted by Gasteiger charge is 2.28. The zero-order valence-electron chi connectivity index (χ0n) is 12.0. The third kappa shape index (κ3) is 4.30. The van der Waals surface area contributed by atoms with Crippen molar-refractivity contribution in [1.82, 2.24) is 10.2 Å². The van der Waals surface area contributed by atoms with E-state index in [0.717, 1.165) is 38.6 Å². The van der Waals surface area contributed by atoms with E-state index in [1.54, 1.807) is 6.92 Å². The largest absolute Gasteiger partial charge is 0.352 e. The lowest BCUT2D eigenvalue weighted by molar-refractivity contribution is -0.127. The van der Waals surface area contributed by atoms with E-state index in [4.69, 9.17) is 0 Å². The monoisotopic (exact) mass is 266 g/mol. The summed E-state index contributed by atoms with van der Waals surface area (Å²) in [4.78, 5) is 25.8. The van der Waals surface area contributed by atoms with Gasteiger partial charge in [0.15, 0.2) is 0 Å². The van der Waals surface area contributed by atoms with Gasteiger partial charge in [-0.15, -0.1) is 0 Å². The zero-order valence-corrected chi connectivity index (χ0v) is 12.0. The van der Waals surface area contributed by atoms with Crippen molar-refractivity contribution in [3.8, 4) is 0 Å². The predicted octanol–water partition coefficient (Wildman–Crippen LogP) is 1.88. The molecule has 0 bridgehead atoms. The van der Waals surface area contributed by atoms with Crippen LogP contribution in [0, 0.1) is 0 Å². The molecular weight excluding hydrogens is 240 g/mol. The number of amides is 1. The van der Waals surface area contributed by atoms with Crippen LogP contribution < -0.4 is 5.32 Å². The molecule has 1 amide bonds. The van der Waals surface area contributed by atoms with E-state index in [0.29, 0.717) is 12.6 Å². The SMILES string of the molecule is CC(=O)C1CCCCN1CC(=O)NC1CCCCC1. The summed E-state index contributed by atoms with van der Waals surface area (Å²) in [5, 5.41) is 3.13. The van der Waals surface area contributed by atoms with Crippen LogP contribution in [-0.2, 0) is 9.59 Å². The van der Waals surface area contributed by atoms with Crippen LogP contribution in [0.1, 0.15) is 58.3 Å². The van der Waals surface area contributed by atoms with Crippen LogP contribution in [0.25, 0.3) is 0 Å². The summed E-state index contributed by atoms with van der Waals surface area (Å²) in [7, 11) is 0. The molecule has 0 aromatic rings. The van der Waals surface area contributed by atoms with Gasteiger partial charge < -0.3 is 5.32 Å². The van der Waals surface area contributed by atoms with Crippen molar-refractivity contribution in [2.45, 2.75) is 70.4 Å². The Labute approximate surface area is 115 Å². The minimum absolute atomic E-state index is 0.0362. The molecule has 0 aromatic heterocycles. The lowest BCUT2D eigenvalue weighted by Crippen LogP contribution is -2.50. The summed E-state index contributed by atoms with van der Waals surface area (Å²) >= 11 is 0. The number of ketones is 1. The number of hydrogen-bond donors (Lipinski definition) is 1. The van der Waals surface area contributed by atoms with Gasteiger partial charge in [0.1, 0.15) is 5.78 Å². The van der Waals surface area contributed by atoms with Crippen molar-refractivity contribution < 1.29 is 9.59 Å². The van der Waals surface area contributed by atoms with E-state index >= 15 is 0 Å². The number of likely N-dealkylation sites (tertiary alicyclic amines) is 1. The van der Waals surface area contributed by atoms with Gasteiger partial charge in [-0.05, 0) is 39.2 Å². The topological polar surface area (TPSA) is 49.4 Å². The Morgan fingerprint density at radius 2 is 1.74 bits per heavy atom. The summed E-state index contributed by atoms with van der Waals surface area (Å²) in [6.07, 6.45) is 9.08. The van der Waals surface area contributed by atoms with Gasteiger partial charge >= 0.3 is 0 Å². The number of nitrogens with one attached hydrogen (secondary N) is 1. The average Bonchev–Trinajstić information content (AvgIpc) is 2.40. The summed E-state index contributed by atoms with van der Waals surface area (Å²) in [6.45, 7) is 2.91. The molecule has 1 N–H and O–H groups in total. The van der Waals surface area contributed by atoms with Crippen molar-refractivity contribution in [2.75, 3.05) is 13.1 Å². The van der Waals surface area contributed by atoms with Crippen LogP contribution in [0.5, 0.6) is 0 Å². The molecule has 2 fully saturated rings. The first-order chi connectivity index (χ1) is 9.16. The molecule has 0 aromatic carbocycles. The second-order valence-electron chi connectivity index (χ2n) is 6.00. The van der Waals surface area contributed by atoms with Gasteiger partial charge in [-0.1, -0.05) is 25.7 Å². The van der Waals surface area contributed by atoms with E-state index in [-0.39, 0.29) is 17.7 Å². The number of Topliss-reactive ketones (excluding diaryl/α,β-unsaturated/α-hetero) is 1. The molecule has 1 saturated carbocycles. The molecule has 108 valence electrons. The highest BCUT2D eigenvalue weighted by molar-refractivity contribution is 5.83. The summed E-state index contributed by atoms with van der Waals surface area (Å²) < 4.78 is 0. The Morgan fingerprint density at radius 1 is 1.05 bits per heavy atom. The molecule has 1 atom stereocenters. The standard InChI is InChI=1S/C15H26N2O2/c1-12(18)14-9-5-6-10-17(14)11-15(19)16-13-7-3-2-4-8-13/h13-14H,2-11H2,1H3,(H,16,19). The van der Waals surface area contributed by atoms with Gasteiger partial charge in [0.05, 0.1) is 12.6 Å². The molecule has 0 radical (unpaired) electrons. The molecule has 1 aliphatic carbocycles. The molecule has 4 heteroatoms. The first kappa shape index (κ1) is 14.5. The van der Waals surface area contributed by atoms with Gasteiger partial charge in [0.2, 0.25) is 5.91 Å². The van der Waals surface area contributed by atoms with Crippen molar-refractivity contribution >= 4 is 11.7 Å². The van der Waals surface area contributed by atoms with Gasteiger partial charge in [0.25, 0.3) is 0 Å². The lowest BCUT2D eigenvalue weighted by atomic mass is 9.95. The summed E-state index contributed by atoms with van der Waals surface area (Å²) in [5.41, 5.74) is 0. The van der Waals surface area contributed by atoms with Crippen LogP contribution in [0.4, 0.5) is 0 Å². The first-order valence-electron chi connectivity index (χ1n) is 7.70. The molecule has 0 spiro atoms. The number of hydrogen-bond acceptors (Lipinski definition) is 3. The van der Waals surface area contributed by atoms with Crippen molar-refractivity contribution in [3.63, 3.8) is 0 Å². The van der Waals surface area contributed by atoms with Gasteiger partial charge in [-0.3, -0.25) is 14.5 Å². The smallest absolute Gasteiger partial charge is 0.234 e. The van der Waals surface area contributed by atoms with E-state index in [1.165, 1.54) is 19.3 Å². The molecule has 2 aliphatic rings. The Hall–Kier alpha value is -0.900. The van der Waals surface area contributed by atoms with E-state index in [2.05, 4.69) is 10.2 Å². The Balaban J connectivity index is 1.80. The second kappa shape index (κ2) is 7.04. The van der Waals surface area contributed by atoms with Gasteiger partial charge in [0, 0.05) is 6.04 Å². The lowest BCUT2D eigenvalue weighted by Gasteiger charge is -2.34. The molecule has 1 saturated heterocycles. The maximum Gasteiger partial charge on any atom is 0.234 e. The molecular formula is C15H26N2O2. The molecule has 19 heavy (non-hydrogen) atoms. The van der Waals surface area contributed by atoms with Crippen molar-refractivity contribution in [1.29, 1.82) is 0 Å². The fourth-order valence-electron chi connectivity index (χ4n) is 3.35. The van der Waals surface area contributed by atoms with Crippen molar-refractivity contribution in [2.24, 2.45) is 0 Å². The summed E-state index contributed by atoms with van der Waals surface area (Å²) in [5.74, 6) is 0.296. The van der Waals surface area contributed by atoms with E-state index < -0.39 is 0 Å². The molecule has 2 rings (SSSR count). The Bertz CT molecular complexity index is 324. The zero-order chi connectivity index (χ0) is 13.7. The number of carbonyl (C=O) groups is 2. The van der Waals surface area contributed by atoms with Crippen molar-refractivity contribution in [3.05, 3.63) is 0 Å². The van der Waals surface area contributed by atoms with E-state index in [9.17, 15) is 9.59 Å². The molecule has 1 aliphatic heterocycles.